The molecule has 0 saturated carbocycles. The number of carbonyl (C=O) groups is 1. The summed E-state index contributed by atoms with van der Waals surface area (Å²) in [5.41, 5.74) is -0.162. The van der Waals surface area contributed by atoms with Gasteiger partial charge < -0.3 is 9.84 Å². The van der Waals surface area contributed by atoms with Gasteiger partial charge in [-0.05, 0) is 43.4 Å². The average Bonchev–Trinajstić information content (AvgIpc) is 2.43. The molecule has 0 radical (unpaired) electrons. The van der Waals surface area contributed by atoms with Crippen molar-refractivity contribution in [1.29, 1.82) is 0 Å². The topological polar surface area (TPSA) is 49.8 Å². The zero-order chi connectivity index (χ0) is 15.3. The summed E-state index contributed by atoms with van der Waals surface area (Å²) in [6.07, 6.45) is 2.88. The van der Waals surface area contributed by atoms with Crippen LogP contribution in [0.3, 0.4) is 0 Å². The van der Waals surface area contributed by atoms with E-state index in [1.54, 1.807) is 0 Å². The van der Waals surface area contributed by atoms with Crippen molar-refractivity contribution in [1.82, 2.24) is 4.90 Å². The van der Waals surface area contributed by atoms with E-state index in [0.717, 1.165) is 38.1 Å². The Bertz CT molecular complexity index is 458. The lowest BCUT2D eigenvalue weighted by Crippen LogP contribution is -2.54. The molecular weight excluding hydrogens is 266 g/mol. The lowest BCUT2D eigenvalue weighted by atomic mass is 9.76. The van der Waals surface area contributed by atoms with E-state index in [1.165, 1.54) is 0 Å². The van der Waals surface area contributed by atoms with Gasteiger partial charge in [-0.25, -0.2) is 0 Å². The monoisotopic (exact) mass is 291 g/mol. The Kier molecular flexibility index (Phi) is 5.23. The SMILES string of the molecule is CC1(C)CCCN(CCCOc2ccccc2)C1C(=O)O. The smallest absolute Gasteiger partial charge is 0.321 e. The van der Waals surface area contributed by atoms with Gasteiger partial charge in [0.15, 0.2) is 0 Å². The van der Waals surface area contributed by atoms with Gasteiger partial charge >= 0.3 is 5.97 Å². The summed E-state index contributed by atoms with van der Waals surface area (Å²) >= 11 is 0. The second kappa shape index (κ2) is 6.94. The summed E-state index contributed by atoms with van der Waals surface area (Å²) in [6.45, 7) is 6.36. The van der Waals surface area contributed by atoms with Gasteiger partial charge in [0, 0.05) is 6.54 Å². The fourth-order valence-corrected chi connectivity index (χ4v) is 3.20. The van der Waals surface area contributed by atoms with E-state index in [-0.39, 0.29) is 11.5 Å². The van der Waals surface area contributed by atoms with Crippen LogP contribution in [0.2, 0.25) is 0 Å². The molecule has 1 heterocycles. The summed E-state index contributed by atoms with van der Waals surface area (Å²) in [4.78, 5) is 13.7. The van der Waals surface area contributed by atoms with E-state index < -0.39 is 5.97 Å². The van der Waals surface area contributed by atoms with E-state index in [4.69, 9.17) is 4.74 Å². The third kappa shape index (κ3) is 4.21. The number of benzene rings is 1. The largest absolute Gasteiger partial charge is 0.494 e. The van der Waals surface area contributed by atoms with Crippen molar-refractivity contribution in [3.05, 3.63) is 30.3 Å². The van der Waals surface area contributed by atoms with Crippen LogP contribution in [0, 0.1) is 5.41 Å². The number of para-hydroxylation sites is 1. The normalized spacial score (nSPS) is 21.9. The van der Waals surface area contributed by atoms with E-state index in [0.29, 0.717) is 6.61 Å². The number of ether oxygens (including phenoxy) is 1. The molecule has 1 unspecified atom stereocenters. The molecule has 1 fully saturated rings. The first-order valence-electron chi connectivity index (χ1n) is 7.65. The molecule has 0 bridgehead atoms. The van der Waals surface area contributed by atoms with Crippen molar-refractivity contribution in [2.45, 2.75) is 39.2 Å². The minimum atomic E-state index is -0.705. The van der Waals surface area contributed by atoms with Gasteiger partial charge in [0.1, 0.15) is 11.8 Å². The molecule has 1 aromatic carbocycles. The Morgan fingerprint density at radius 1 is 1.38 bits per heavy atom. The highest BCUT2D eigenvalue weighted by molar-refractivity contribution is 5.74. The Morgan fingerprint density at radius 3 is 2.76 bits per heavy atom. The number of hydrogen-bond acceptors (Lipinski definition) is 3. The predicted octanol–water partition coefficient (Wildman–Crippen LogP) is 3.03. The van der Waals surface area contributed by atoms with Crippen molar-refractivity contribution in [2.24, 2.45) is 5.41 Å². The van der Waals surface area contributed by atoms with Gasteiger partial charge in [-0.3, -0.25) is 9.69 Å². The maximum Gasteiger partial charge on any atom is 0.321 e. The summed E-state index contributed by atoms with van der Waals surface area (Å²) in [7, 11) is 0. The van der Waals surface area contributed by atoms with E-state index in [2.05, 4.69) is 18.7 Å². The molecule has 0 spiro atoms. The number of rotatable bonds is 6. The second-order valence-electron chi connectivity index (χ2n) is 6.38. The molecule has 1 atom stereocenters. The molecule has 4 nitrogen and oxygen atoms in total. The molecule has 116 valence electrons. The summed E-state index contributed by atoms with van der Waals surface area (Å²) in [6, 6.07) is 9.34. The van der Waals surface area contributed by atoms with Gasteiger partial charge in [-0.2, -0.15) is 0 Å². The average molecular weight is 291 g/mol. The van der Waals surface area contributed by atoms with E-state index in [1.807, 2.05) is 30.3 Å². The van der Waals surface area contributed by atoms with Gasteiger partial charge in [0.05, 0.1) is 6.61 Å². The van der Waals surface area contributed by atoms with Gasteiger partial charge in [0.2, 0.25) is 0 Å². The van der Waals surface area contributed by atoms with Gasteiger partial charge in [-0.15, -0.1) is 0 Å². The zero-order valence-electron chi connectivity index (χ0n) is 12.9. The number of aliphatic carboxylic acids is 1. The Labute approximate surface area is 126 Å². The number of carboxylic acids is 1. The fourth-order valence-electron chi connectivity index (χ4n) is 3.20. The Balaban J connectivity index is 1.82. The van der Waals surface area contributed by atoms with Crippen LogP contribution < -0.4 is 4.74 Å². The highest BCUT2D eigenvalue weighted by Gasteiger charge is 2.41. The highest BCUT2D eigenvalue weighted by Crippen LogP contribution is 2.35. The molecule has 0 amide bonds. The maximum absolute atomic E-state index is 11.6. The lowest BCUT2D eigenvalue weighted by molar-refractivity contribution is -0.150. The molecule has 1 aliphatic heterocycles. The summed E-state index contributed by atoms with van der Waals surface area (Å²) < 4.78 is 5.67. The van der Waals surface area contributed by atoms with Crippen LogP contribution in [-0.2, 0) is 4.79 Å². The van der Waals surface area contributed by atoms with Crippen molar-refractivity contribution in [3.63, 3.8) is 0 Å². The van der Waals surface area contributed by atoms with E-state index >= 15 is 0 Å². The molecule has 1 aliphatic rings. The molecule has 4 heteroatoms. The minimum absolute atomic E-state index is 0.162. The van der Waals surface area contributed by atoms with Gasteiger partial charge in [0.25, 0.3) is 0 Å². The first-order chi connectivity index (χ1) is 10.0. The molecule has 1 saturated heterocycles. The minimum Gasteiger partial charge on any atom is -0.494 e. The van der Waals surface area contributed by atoms with Crippen LogP contribution in [0.15, 0.2) is 30.3 Å². The number of nitrogens with zero attached hydrogens (tertiary/aromatic N) is 1. The predicted molar refractivity (Wildman–Crippen MR) is 82.6 cm³/mol. The van der Waals surface area contributed by atoms with Crippen LogP contribution in [0.4, 0.5) is 0 Å². The third-order valence-corrected chi connectivity index (χ3v) is 4.21. The molecule has 1 N–H and O–H groups in total. The summed E-state index contributed by atoms with van der Waals surface area (Å²) in [5.74, 6) is 0.162. The van der Waals surface area contributed by atoms with Crippen molar-refractivity contribution in [3.8, 4) is 5.75 Å². The van der Waals surface area contributed by atoms with Gasteiger partial charge in [-0.1, -0.05) is 32.0 Å². The molecule has 1 aromatic rings. The summed E-state index contributed by atoms with van der Waals surface area (Å²) in [5, 5.41) is 9.51. The molecule has 0 aromatic heterocycles. The van der Waals surface area contributed by atoms with Crippen LogP contribution in [0.5, 0.6) is 5.75 Å². The van der Waals surface area contributed by atoms with Crippen molar-refractivity contribution >= 4 is 5.97 Å². The Morgan fingerprint density at radius 2 is 2.10 bits per heavy atom. The maximum atomic E-state index is 11.6. The standard InChI is InChI=1S/C17H25NO3/c1-17(2)10-6-11-18(15(17)16(19)20)12-7-13-21-14-8-4-3-5-9-14/h3-5,8-9,15H,6-7,10-13H2,1-2H3,(H,19,20). The molecule has 21 heavy (non-hydrogen) atoms. The highest BCUT2D eigenvalue weighted by atomic mass is 16.5. The zero-order valence-corrected chi connectivity index (χ0v) is 12.9. The number of piperidine rings is 1. The first kappa shape index (κ1) is 15.8. The number of hydrogen-bond donors (Lipinski definition) is 1. The Hall–Kier alpha value is -1.55. The molecule has 2 rings (SSSR count). The van der Waals surface area contributed by atoms with Crippen LogP contribution in [-0.4, -0.2) is 41.7 Å². The second-order valence-corrected chi connectivity index (χ2v) is 6.38. The number of carboxylic acid groups (broad SMARTS) is 1. The van der Waals surface area contributed by atoms with Crippen LogP contribution in [0.25, 0.3) is 0 Å². The molecular formula is C17H25NO3. The fraction of sp³-hybridized carbons (Fsp3) is 0.588. The first-order valence-corrected chi connectivity index (χ1v) is 7.65. The quantitative estimate of drug-likeness (QED) is 0.819. The lowest BCUT2D eigenvalue weighted by Gasteiger charge is -2.44. The third-order valence-electron chi connectivity index (χ3n) is 4.21. The van der Waals surface area contributed by atoms with Crippen LogP contribution in [0.1, 0.15) is 33.1 Å². The molecule has 0 aliphatic carbocycles. The van der Waals surface area contributed by atoms with E-state index in [9.17, 15) is 9.90 Å². The van der Waals surface area contributed by atoms with Crippen molar-refractivity contribution in [2.75, 3.05) is 19.7 Å². The van der Waals surface area contributed by atoms with Crippen LogP contribution >= 0.6 is 0 Å². The number of likely N-dealkylation sites (tertiary alicyclic amines) is 1. The van der Waals surface area contributed by atoms with Crippen molar-refractivity contribution < 1.29 is 14.6 Å².